The van der Waals surface area contributed by atoms with Gasteiger partial charge >= 0.3 is 0 Å². The molecule has 0 aromatic heterocycles. The van der Waals surface area contributed by atoms with Gasteiger partial charge in [0.2, 0.25) is 5.91 Å². The van der Waals surface area contributed by atoms with Crippen LogP contribution in [-0.2, 0) is 4.79 Å². The highest BCUT2D eigenvalue weighted by Gasteiger charge is 2.24. The topological polar surface area (TPSA) is 78.4 Å². The first-order chi connectivity index (χ1) is 12.3. The van der Waals surface area contributed by atoms with Gasteiger partial charge in [-0.2, -0.15) is 0 Å². The van der Waals surface area contributed by atoms with Crippen LogP contribution in [0.5, 0.6) is 5.75 Å². The fraction of sp³-hybridized carbons (Fsp3) is 0.333. The molecule has 0 heterocycles. The molecule has 5 heteroatoms. The lowest BCUT2D eigenvalue weighted by Crippen LogP contribution is -2.44. The van der Waals surface area contributed by atoms with Gasteiger partial charge in [-0.25, -0.2) is 0 Å². The summed E-state index contributed by atoms with van der Waals surface area (Å²) in [7, 11) is 0. The summed E-state index contributed by atoms with van der Waals surface area (Å²) in [5.41, 5.74) is 2.63. The Hall–Kier alpha value is -2.82. The SMILES string of the molecule is Cc1ccc(NC(=O)C(CC(C)C)NC(=O)c2ccccc2C)c(O)c1. The minimum atomic E-state index is -0.692. The van der Waals surface area contributed by atoms with Crippen LogP contribution in [0.15, 0.2) is 42.5 Å². The molecule has 2 amide bonds. The number of nitrogens with one attached hydrogen (secondary N) is 2. The zero-order chi connectivity index (χ0) is 19.3. The maximum atomic E-state index is 12.7. The van der Waals surface area contributed by atoms with Crippen LogP contribution in [0.2, 0.25) is 0 Å². The van der Waals surface area contributed by atoms with Crippen molar-refractivity contribution in [1.82, 2.24) is 5.32 Å². The second kappa shape index (κ2) is 8.52. The molecule has 1 unspecified atom stereocenters. The first-order valence-electron chi connectivity index (χ1n) is 8.75. The molecule has 0 aliphatic rings. The van der Waals surface area contributed by atoms with Crippen molar-refractivity contribution in [3.8, 4) is 5.75 Å². The summed E-state index contributed by atoms with van der Waals surface area (Å²) in [6.45, 7) is 7.69. The van der Waals surface area contributed by atoms with Gasteiger partial charge in [-0.1, -0.05) is 38.1 Å². The van der Waals surface area contributed by atoms with Crippen molar-refractivity contribution in [2.45, 2.75) is 40.2 Å². The maximum Gasteiger partial charge on any atom is 0.252 e. The second-order valence-corrected chi connectivity index (χ2v) is 6.98. The van der Waals surface area contributed by atoms with E-state index in [1.807, 2.05) is 39.8 Å². The molecule has 0 aliphatic carbocycles. The highest BCUT2D eigenvalue weighted by molar-refractivity contribution is 6.02. The zero-order valence-electron chi connectivity index (χ0n) is 15.7. The largest absolute Gasteiger partial charge is 0.506 e. The van der Waals surface area contributed by atoms with E-state index in [1.165, 1.54) is 0 Å². The molecule has 0 saturated heterocycles. The molecule has 2 rings (SSSR count). The van der Waals surface area contributed by atoms with Crippen molar-refractivity contribution in [2.24, 2.45) is 5.92 Å². The van der Waals surface area contributed by atoms with Crippen molar-refractivity contribution >= 4 is 17.5 Å². The molecule has 0 fully saturated rings. The highest BCUT2D eigenvalue weighted by Crippen LogP contribution is 2.24. The van der Waals surface area contributed by atoms with Gasteiger partial charge in [0, 0.05) is 5.56 Å². The van der Waals surface area contributed by atoms with E-state index >= 15 is 0 Å². The number of phenolic OH excluding ortho intramolecular Hbond substituents is 1. The third-order valence-electron chi connectivity index (χ3n) is 4.13. The average Bonchev–Trinajstić information content (AvgIpc) is 2.56. The molecule has 1 atom stereocenters. The number of phenols is 1. The molecular weight excluding hydrogens is 328 g/mol. The molecule has 0 bridgehead atoms. The van der Waals surface area contributed by atoms with Gasteiger partial charge in [-0.3, -0.25) is 9.59 Å². The number of benzene rings is 2. The minimum Gasteiger partial charge on any atom is -0.506 e. The Bertz CT molecular complexity index is 800. The normalized spacial score (nSPS) is 11.9. The number of aromatic hydroxyl groups is 1. The average molecular weight is 354 g/mol. The van der Waals surface area contributed by atoms with E-state index in [0.717, 1.165) is 11.1 Å². The molecule has 0 saturated carbocycles. The quantitative estimate of drug-likeness (QED) is 0.691. The summed E-state index contributed by atoms with van der Waals surface area (Å²) < 4.78 is 0. The number of carbonyl (C=O) groups excluding carboxylic acids is 2. The lowest BCUT2D eigenvalue weighted by molar-refractivity contribution is -0.118. The van der Waals surface area contributed by atoms with E-state index in [1.54, 1.807) is 30.3 Å². The lowest BCUT2D eigenvalue weighted by atomic mass is 10.0. The highest BCUT2D eigenvalue weighted by atomic mass is 16.3. The molecule has 2 aromatic rings. The number of hydrogen-bond acceptors (Lipinski definition) is 3. The van der Waals surface area contributed by atoms with Gasteiger partial charge in [-0.05, 0) is 55.5 Å². The molecular formula is C21H26N2O3. The van der Waals surface area contributed by atoms with Crippen LogP contribution in [0.4, 0.5) is 5.69 Å². The Balaban J connectivity index is 2.16. The number of amides is 2. The predicted octanol–water partition coefficient (Wildman–Crippen LogP) is 3.79. The molecule has 0 aliphatic heterocycles. The van der Waals surface area contributed by atoms with Crippen LogP contribution in [0.1, 0.15) is 41.8 Å². The summed E-state index contributed by atoms with van der Waals surface area (Å²) in [5, 5.41) is 15.5. The monoisotopic (exact) mass is 354 g/mol. The van der Waals surface area contributed by atoms with E-state index in [2.05, 4.69) is 10.6 Å². The Kier molecular flexibility index (Phi) is 6.39. The number of hydrogen-bond donors (Lipinski definition) is 3. The molecule has 0 spiro atoms. The van der Waals surface area contributed by atoms with Crippen LogP contribution in [0, 0.1) is 19.8 Å². The Morgan fingerprint density at radius 2 is 1.77 bits per heavy atom. The van der Waals surface area contributed by atoms with Crippen molar-refractivity contribution in [3.05, 3.63) is 59.2 Å². The Labute approximate surface area is 154 Å². The zero-order valence-corrected chi connectivity index (χ0v) is 15.7. The Morgan fingerprint density at radius 1 is 1.08 bits per heavy atom. The third-order valence-corrected chi connectivity index (χ3v) is 4.13. The Morgan fingerprint density at radius 3 is 2.38 bits per heavy atom. The number of anilines is 1. The molecule has 26 heavy (non-hydrogen) atoms. The van der Waals surface area contributed by atoms with Gasteiger partial charge in [0.25, 0.3) is 5.91 Å². The number of carbonyl (C=O) groups is 2. The fourth-order valence-corrected chi connectivity index (χ4v) is 2.73. The summed E-state index contributed by atoms with van der Waals surface area (Å²) >= 11 is 0. The first kappa shape index (κ1) is 19.5. The number of aryl methyl sites for hydroxylation is 2. The van der Waals surface area contributed by atoms with E-state index in [-0.39, 0.29) is 23.5 Å². The fourth-order valence-electron chi connectivity index (χ4n) is 2.73. The van der Waals surface area contributed by atoms with Crippen molar-refractivity contribution in [1.29, 1.82) is 0 Å². The van der Waals surface area contributed by atoms with E-state index in [4.69, 9.17) is 0 Å². The smallest absolute Gasteiger partial charge is 0.252 e. The van der Waals surface area contributed by atoms with Gasteiger partial charge in [0.1, 0.15) is 11.8 Å². The summed E-state index contributed by atoms with van der Waals surface area (Å²) in [5.74, 6) is -0.404. The van der Waals surface area contributed by atoms with Crippen LogP contribution < -0.4 is 10.6 Å². The second-order valence-electron chi connectivity index (χ2n) is 6.98. The van der Waals surface area contributed by atoms with Crippen molar-refractivity contribution < 1.29 is 14.7 Å². The van der Waals surface area contributed by atoms with Gasteiger partial charge < -0.3 is 15.7 Å². The van der Waals surface area contributed by atoms with Crippen molar-refractivity contribution in [3.63, 3.8) is 0 Å². The maximum absolute atomic E-state index is 12.7. The van der Waals surface area contributed by atoms with Gasteiger partial charge in [0.15, 0.2) is 0 Å². The summed E-state index contributed by atoms with van der Waals surface area (Å²) in [6.07, 6.45) is 0.496. The van der Waals surface area contributed by atoms with E-state index in [9.17, 15) is 14.7 Å². The van der Waals surface area contributed by atoms with Crippen LogP contribution >= 0.6 is 0 Å². The number of rotatable bonds is 6. The van der Waals surface area contributed by atoms with Crippen molar-refractivity contribution in [2.75, 3.05) is 5.32 Å². The molecule has 138 valence electrons. The predicted molar refractivity (Wildman–Crippen MR) is 103 cm³/mol. The van der Waals surface area contributed by atoms with Crippen LogP contribution in [-0.4, -0.2) is 23.0 Å². The van der Waals surface area contributed by atoms with Crippen LogP contribution in [0.25, 0.3) is 0 Å². The first-order valence-corrected chi connectivity index (χ1v) is 8.75. The minimum absolute atomic E-state index is 0.00637. The summed E-state index contributed by atoms with van der Waals surface area (Å²) in [6, 6.07) is 11.6. The molecule has 2 aromatic carbocycles. The molecule has 3 N–H and O–H groups in total. The lowest BCUT2D eigenvalue weighted by Gasteiger charge is -2.21. The van der Waals surface area contributed by atoms with Gasteiger partial charge in [0.05, 0.1) is 5.69 Å². The van der Waals surface area contributed by atoms with Gasteiger partial charge in [-0.15, -0.1) is 0 Å². The van der Waals surface area contributed by atoms with Crippen LogP contribution in [0.3, 0.4) is 0 Å². The van der Waals surface area contributed by atoms with E-state index < -0.39 is 6.04 Å². The van der Waals surface area contributed by atoms with E-state index in [0.29, 0.717) is 17.7 Å². The molecule has 0 radical (unpaired) electrons. The third kappa shape index (κ3) is 5.09. The molecule has 5 nitrogen and oxygen atoms in total. The standard InChI is InChI=1S/C21H26N2O3/c1-13(2)11-18(23-20(25)16-8-6-5-7-15(16)4)21(26)22-17-10-9-14(3)12-19(17)24/h5-10,12-13,18,24H,11H2,1-4H3,(H,22,26)(H,23,25). The summed E-state index contributed by atoms with van der Waals surface area (Å²) in [4.78, 5) is 25.3.